The van der Waals surface area contributed by atoms with Gasteiger partial charge in [0.05, 0.1) is 0 Å². The van der Waals surface area contributed by atoms with E-state index in [0.29, 0.717) is 12.0 Å². The van der Waals surface area contributed by atoms with Gasteiger partial charge in [-0.25, -0.2) is 0 Å². The van der Waals surface area contributed by atoms with E-state index >= 15 is 0 Å². The molecule has 0 amide bonds. The van der Waals surface area contributed by atoms with Crippen LogP contribution in [0.4, 0.5) is 0 Å². The van der Waals surface area contributed by atoms with Crippen molar-refractivity contribution in [1.82, 2.24) is 5.32 Å². The molecule has 100 valence electrons. The molecule has 18 heavy (non-hydrogen) atoms. The fraction of sp³-hybridized carbons (Fsp3) is 0.647. The first-order valence-electron chi connectivity index (χ1n) is 7.51. The smallest absolute Gasteiger partial charge is 0.0320 e. The molecule has 0 bridgehead atoms. The molecule has 1 heteroatoms. The van der Waals surface area contributed by atoms with E-state index < -0.39 is 0 Å². The van der Waals surface area contributed by atoms with Crippen molar-refractivity contribution < 1.29 is 0 Å². The molecule has 0 radical (unpaired) electrons. The van der Waals surface area contributed by atoms with E-state index in [1.165, 1.54) is 43.2 Å². The van der Waals surface area contributed by atoms with Gasteiger partial charge in [-0.3, -0.25) is 0 Å². The number of hydrogen-bond donors (Lipinski definition) is 1. The molecule has 0 aromatic heterocycles. The highest BCUT2D eigenvalue weighted by Gasteiger charge is 2.22. The van der Waals surface area contributed by atoms with Gasteiger partial charge in [-0.15, -0.1) is 0 Å². The zero-order valence-electron chi connectivity index (χ0n) is 12.1. The highest BCUT2D eigenvalue weighted by molar-refractivity contribution is 5.27. The van der Waals surface area contributed by atoms with E-state index in [0.717, 1.165) is 5.92 Å². The summed E-state index contributed by atoms with van der Waals surface area (Å²) in [5.74, 6) is 1.63. The van der Waals surface area contributed by atoms with Gasteiger partial charge in [0.25, 0.3) is 0 Å². The number of hydrogen-bond acceptors (Lipinski definition) is 1. The second-order valence-corrected chi connectivity index (χ2v) is 5.85. The van der Waals surface area contributed by atoms with Crippen molar-refractivity contribution >= 4 is 0 Å². The molecule has 2 atom stereocenters. The lowest BCUT2D eigenvalue weighted by Crippen LogP contribution is -2.23. The first kappa shape index (κ1) is 13.6. The minimum Gasteiger partial charge on any atom is -0.313 e. The summed E-state index contributed by atoms with van der Waals surface area (Å²) < 4.78 is 0. The first-order valence-corrected chi connectivity index (χ1v) is 7.51. The average molecular weight is 245 g/mol. The standard InChI is InChI=1S/C17H27N/c1-4-13(2)15-8-10-16(11-9-15)17(18-3)12-14-6-5-7-14/h8-11,13-14,17-18H,4-7,12H2,1-3H3. The normalized spacial score (nSPS) is 19.3. The summed E-state index contributed by atoms with van der Waals surface area (Å²) in [5.41, 5.74) is 2.93. The Morgan fingerprint density at radius 2 is 1.78 bits per heavy atom. The number of rotatable bonds is 6. The fourth-order valence-electron chi connectivity index (χ4n) is 2.77. The van der Waals surface area contributed by atoms with Gasteiger partial charge in [0.15, 0.2) is 0 Å². The van der Waals surface area contributed by atoms with Gasteiger partial charge in [-0.1, -0.05) is 57.4 Å². The van der Waals surface area contributed by atoms with E-state index in [9.17, 15) is 0 Å². The molecule has 0 saturated heterocycles. The molecule has 1 saturated carbocycles. The molecule has 1 nitrogen and oxygen atoms in total. The van der Waals surface area contributed by atoms with Gasteiger partial charge in [-0.05, 0) is 42.9 Å². The van der Waals surface area contributed by atoms with Crippen molar-refractivity contribution in [1.29, 1.82) is 0 Å². The molecular formula is C17H27N. The fourth-order valence-corrected chi connectivity index (χ4v) is 2.77. The lowest BCUT2D eigenvalue weighted by atomic mass is 9.79. The lowest BCUT2D eigenvalue weighted by molar-refractivity contribution is 0.265. The van der Waals surface area contributed by atoms with Gasteiger partial charge >= 0.3 is 0 Å². The van der Waals surface area contributed by atoms with Gasteiger partial charge < -0.3 is 5.32 Å². The van der Waals surface area contributed by atoms with E-state index in [4.69, 9.17) is 0 Å². The third-order valence-corrected chi connectivity index (χ3v) is 4.66. The van der Waals surface area contributed by atoms with Crippen molar-refractivity contribution in [3.8, 4) is 0 Å². The summed E-state index contributed by atoms with van der Waals surface area (Å²) in [6.07, 6.45) is 6.83. The van der Waals surface area contributed by atoms with Crippen LogP contribution in [-0.4, -0.2) is 7.05 Å². The van der Waals surface area contributed by atoms with Gasteiger partial charge in [-0.2, -0.15) is 0 Å². The van der Waals surface area contributed by atoms with Crippen LogP contribution in [0.25, 0.3) is 0 Å². The Hall–Kier alpha value is -0.820. The predicted molar refractivity (Wildman–Crippen MR) is 78.9 cm³/mol. The summed E-state index contributed by atoms with van der Waals surface area (Å²) in [6.45, 7) is 4.56. The van der Waals surface area contributed by atoms with Crippen LogP contribution in [0.3, 0.4) is 0 Å². The van der Waals surface area contributed by atoms with Crippen LogP contribution in [-0.2, 0) is 0 Å². The summed E-state index contributed by atoms with van der Waals surface area (Å²) >= 11 is 0. The summed E-state index contributed by atoms with van der Waals surface area (Å²) in [4.78, 5) is 0. The maximum absolute atomic E-state index is 3.48. The zero-order chi connectivity index (χ0) is 13.0. The Bertz CT molecular complexity index is 350. The molecule has 1 aromatic carbocycles. The summed E-state index contributed by atoms with van der Waals surface area (Å²) in [5, 5.41) is 3.48. The Labute approximate surface area is 112 Å². The SMILES string of the molecule is CCC(C)c1ccc(C(CC2CCC2)NC)cc1. The predicted octanol–water partition coefficient (Wildman–Crippen LogP) is 4.65. The highest BCUT2D eigenvalue weighted by Crippen LogP contribution is 2.34. The topological polar surface area (TPSA) is 12.0 Å². The van der Waals surface area contributed by atoms with Crippen LogP contribution >= 0.6 is 0 Å². The van der Waals surface area contributed by atoms with Crippen LogP contribution in [0.2, 0.25) is 0 Å². The zero-order valence-corrected chi connectivity index (χ0v) is 12.1. The van der Waals surface area contributed by atoms with E-state index in [2.05, 4.69) is 50.5 Å². The van der Waals surface area contributed by atoms with Crippen LogP contribution < -0.4 is 5.32 Å². The number of nitrogens with one attached hydrogen (secondary N) is 1. The van der Waals surface area contributed by atoms with E-state index in [1.807, 2.05) is 0 Å². The van der Waals surface area contributed by atoms with Gasteiger partial charge in [0.2, 0.25) is 0 Å². The van der Waals surface area contributed by atoms with E-state index in [-0.39, 0.29) is 0 Å². The van der Waals surface area contributed by atoms with Crippen molar-refractivity contribution in [3.05, 3.63) is 35.4 Å². The molecule has 0 heterocycles. The van der Waals surface area contributed by atoms with Gasteiger partial charge in [0, 0.05) is 6.04 Å². The van der Waals surface area contributed by atoms with Crippen molar-refractivity contribution in [3.63, 3.8) is 0 Å². The molecule has 1 N–H and O–H groups in total. The molecular weight excluding hydrogens is 218 g/mol. The van der Waals surface area contributed by atoms with Crippen molar-refractivity contribution in [2.45, 2.75) is 57.9 Å². The molecule has 1 aliphatic rings. The molecule has 0 spiro atoms. The van der Waals surface area contributed by atoms with E-state index in [1.54, 1.807) is 0 Å². The first-order chi connectivity index (χ1) is 8.74. The van der Waals surface area contributed by atoms with Gasteiger partial charge in [0.1, 0.15) is 0 Å². The van der Waals surface area contributed by atoms with Crippen LogP contribution in [0.1, 0.15) is 69.0 Å². The lowest BCUT2D eigenvalue weighted by Gasteiger charge is -2.30. The second-order valence-electron chi connectivity index (χ2n) is 5.85. The quantitative estimate of drug-likeness (QED) is 0.769. The maximum atomic E-state index is 3.48. The Kier molecular flexibility index (Phi) is 4.82. The average Bonchev–Trinajstić information content (AvgIpc) is 2.37. The Morgan fingerprint density at radius 3 is 2.22 bits per heavy atom. The minimum atomic E-state index is 0.543. The molecule has 1 aromatic rings. The number of benzene rings is 1. The van der Waals surface area contributed by atoms with Crippen LogP contribution in [0.5, 0.6) is 0 Å². The largest absolute Gasteiger partial charge is 0.313 e. The summed E-state index contributed by atoms with van der Waals surface area (Å²) in [6, 6.07) is 9.81. The van der Waals surface area contributed by atoms with Crippen LogP contribution in [0, 0.1) is 5.92 Å². The Morgan fingerprint density at radius 1 is 1.17 bits per heavy atom. The second kappa shape index (κ2) is 6.38. The summed E-state index contributed by atoms with van der Waals surface area (Å²) in [7, 11) is 2.09. The molecule has 2 unspecified atom stereocenters. The maximum Gasteiger partial charge on any atom is 0.0320 e. The molecule has 1 aliphatic carbocycles. The van der Waals surface area contributed by atoms with Crippen LogP contribution in [0.15, 0.2) is 24.3 Å². The highest BCUT2D eigenvalue weighted by atomic mass is 14.9. The van der Waals surface area contributed by atoms with Crippen molar-refractivity contribution in [2.24, 2.45) is 5.92 Å². The third-order valence-electron chi connectivity index (χ3n) is 4.66. The van der Waals surface area contributed by atoms with Crippen molar-refractivity contribution in [2.75, 3.05) is 7.05 Å². The third kappa shape index (κ3) is 3.14. The Balaban J connectivity index is 2.01. The minimum absolute atomic E-state index is 0.543. The molecule has 0 aliphatic heterocycles. The monoisotopic (exact) mass is 245 g/mol. The molecule has 2 rings (SSSR count). The molecule has 1 fully saturated rings.